The molecule has 0 aromatic carbocycles. The van der Waals surface area contributed by atoms with Gasteiger partial charge in [0, 0.05) is 6.42 Å². The number of amides is 1. The lowest BCUT2D eigenvalue weighted by molar-refractivity contribution is -0.302. The number of hydrogen-bond acceptors (Lipinski definition) is 8. The van der Waals surface area contributed by atoms with E-state index in [0.29, 0.717) is 6.42 Å². The number of rotatable bonds is 42. The molecule has 1 aliphatic rings. The number of unbranched alkanes of at least 4 members (excludes halogenated alkanes) is 14. The highest BCUT2D eigenvalue weighted by atomic mass is 16.7. The smallest absolute Gasteiger partial charge is 0.220 e. The number of aliphatic hydroxyl groups is 5. The maximum Gasteiger partial charge on any atom is 0.220 e. The molecule has 0 saturated carbocycles. The Hall–Kier alpha value is -3.41. The minimum atomic E-state index is -1.58. The summed E-state index contributed by atoms with van der Waals surface area (Å²) in [6.07, 6.45) is 62.5. The van der Waals surface area contributed by atoms with Crippen LogP contribution in [0.4, 0.5) is 0 Å². The summed E-state index contributed by atoms with van der Waals surface area (Å²) in [6, 6.07) is -0.839. The van der Waals surface area contributed by atoms with Gasteiger partial charge in [0.05, 0.1) is 25.4 Å². The van der Waals surface area contributed by atoms with E-state index in [1.54, 1.807) is 6.08 Å². The molecule has 0 radical (unpaired) electrons. The second kappa shape index (κ2) is 46.3. The maximum atomic E-state index is 13.0. The molecule has 7 unspecified atom stereocenters. The fourth-order valence-corrected chi connectivity index (χ4v) is 7.34. The van der Waals surface area contributed by atoms with E-state index in [1.807, 2.05) is 6.08 Å². The molecule has 1 heterocycles. The van der Waals surface area contributed by atoms with Gasteiger partial charge >= 0.3 is 0 Å². The highest BCUT2D eigenvalue weighted by molar-refractivity contribution is 5.76. The first-order valence-corrected chi connectivity index (χ1v) is 26.3. The van der Waals surface area contributed by atoms with E-state index in [-0.39, 0.29) is 12.5 Å². The fourth-order valence-electron chi connectivity index (χ4n) is 7.34. The van der Waals surface area contributed by atoms with Gasteiger partial charge in [-0.3, -0.25) is 4.79 Å². The Morgan fingerprint density at radius 1 is 0.522 bits per heavy atom. The number of hydrogen-bond donors (Lipinski definition) is 6. The number of allylic oxidation sites excluding steroid dienone is 19. The highest BCUT2D eigenvalue weighted by Gasteiger charge is 2.44. The lowest BCUT2D eigenvalue weighted by atomic mass is 9.99. The van der Waals surface area contributed by atoms with Crippen molar-refractivity contribution in [3.8, 4) is 0 Å². The molecule has 380 valence electrons. The Kier molecular flexibility index (Phi) is 42.6. The SMILES string of the molecule is CC/C=C\C/C=C\C/C=C\C/C=C\C/C=C\C/C=C\C/C=C\CCCCCCCCCCCC(=O)NC(COC1OC(CO)C(O)C(O)C1O)C(O)/C=C/CC/C=C/CC/C=C/CCCCC. The molecule has 6 N–H and O–H groups in total. The van der Waals surface area contributed by atoms with Gasteiger partial charge in [-0.15, -0.1) is 0 Å². The van der Waals surface area contributed by atoms with E-state index in [0.717, 1.165) is 109 Å². The Morgan fingerprint density at radius 2 is 0.940 bits per heavy atom. The summed E-state index contributed by atoms with van der Waals surface area (Å²) in [5, 5.41) is 54.2. The normalized spacial score (nSPS) is 20.7. The van der Waals surface area contributed by atoms with Crippen LogP contribution in [0.15, 0.2) is 122 Å². The fraction of sp³-hybridized carbons (Fsp3) is 0.638. The molecule has 7 atom stereocenters. The molecule has 0 bridgehead atoms. The molecule has 0 aromatic heterocycles. The number of carbonyl (C=O) groups excluding carboxylic acids is 1. The number of nitrogens with one attached hydrogen (secondary N) is 1. The van der Waals surface area contributed by atoms with Gasteiger partial charge in [0.25, 0.3) is 0 Å². The van der Waals surface area contributed by atoms with Crippen LogP contribution < -0.4 is 5.32 Å². The third-order valence-electron chi connectivity index (χ3n) is 11.5. The van der Waals surface area contributed by atoms with Gasteiger partial charge < -0.3 is 40.3 Å². The van der Waals surface area contributed by atoms with E-state index in [1.165, 1.54) is 51.4 Å². The van der Waals surface area contributed by atoms with Crippen LogP contribution in [0.25, 0.3) is 0 Å². The summed E-state index contributed by atoms with van der Waals surface area (Å²) in [7, 11) is 0. The molecule has 67 heavy (non-hydrogen) atoms. The van der Waals surface area contributed by atoms with Crippen LogP contribution >= 0.6 is 0 Å². The molecular weight excluding hydrogens is 839 g/mol. The minimum Gasteiger partial charge on any atom is -0.394 e. The average molecular weight is 934 g/mol. The van der Waals surface area contributed by atoms with Crippen LogP contribution in [0, 0.1) is 0 Å². The van der Waals surface area contributed by atoms with Gasteiger partial charge in [-0.1, -0.05) is 193 Å². The predicted molar refractivity (Wildman–Crippen MR) is 280 cm³/mol. The molecule has 1 aliphatic heterocycles. The molecule has 9 nitrogen and oxygen atoms in total. The van der Waals surface area contributed by atoms with Gasteiger partial charge in [-0.25, -0.2) is 0 Å². The zero-order valence-electron chi connectivity index (χ0n) is 41.8. The number of aliphatic hydroxyl groups excluding tert-OH is 5. The largest absolute Gasteiger partial charge is 0.394 e. The van der Waals surface area contributed by atoms with Crippen LogP contribution in [-0.2, 0) is 14.3 Å². The summed E-state index contributed by atoms with van der Waals surface area (Å²) in [6.45, 7) is 3.58. The summed E-state index contributed by atoms with van der Waals surface area (Å²) in [5.41, 5.74) is 0. The lowest BCUT2D eigenvalue weighted by Crippen LogP contribution is -2.60. The topological polar surface area (TPSA) is 149 Å². The predicted octanol–water partition coefficient (Wildman–Crippen LogP) is 12.4. The van der Waals surface area contributed by atoms with Crippen molar-refractivity contribution in [3.05, 3.63) is 122 Å². The van der Waals surface area contributed by atoms with Crippen molar-refractivity contribution < 1.29 is 39.8 Å². The van der Waals surface area contributed by atoms with Crippen molar-refractivity contribution >= 4 is 5.91 Å². The number of ether oxygens (including phenoxy) is 2. The van der Waals surface area contributed by atoms with Gasteiger partial charge in [0.1, 0.15) is 24.4 Å². The molecule has 9 heteroatoms. The van der Waals surface area contributed by atoms with Crippen molar-refractivity contribution in [2.45, 2.75) is 224 Å². The van der Waals surface area contributed by atoms with Crippen LogP contribution in [0.3, 0.4) is 0 Å². The van der Waals surface area contributed by atoms with Crippen LogP contribution in [0.5, 0.6) is 0 Å². The number of carbonyl (C=O) groups is 1. The lowest BCUT2D eigenvalue weighted by Gasteiger charge is -2.40. The molecule has 1 fully saturated rings. The quantitative estimate of drug-likeness (QED) is 0.0262. The molecular formula is C58H95NO8. The molecule has 0 spiro atoms. The standard InChI is InChI=1S/C58H95NO8/c1-3-5-7-9-11-13-15-17-18-19-20-21-22-23-24-25-26-27-28-29-30-31-32-33-34-36-38-40-42-44-46-48-54(62)59-51(50-66-58-57(65)56(64)55(63)53(49-60)67-58)52(61)47-45-43-41-39-37-35-16-14-12-10-8-6-4-2/h5,7,11-14,17-18,20-21,23-24,26-27,29-30,37,39,45,47,51-53,55-58,60-61,63-65H,3-4,6,8-10,15-16,19,22,25,28,31-36,38,40-44,46,48-50H2,1-2H3,(H,59,62)/b7-5-,13-11-,14-12+,18-17-,21-20-,24-23-,27-26-,30-29-,39-37+,47-45+. The van der Waals surface area contributed by atoms with Crippen LogP contribution in [0.2, 0.25) is 0 Å². The Balaban J connectivity index is 2.24. The Labute approximate surface area is 408 Å². The van der Waals surface area contributed by atoms with Crippen molar-refractivity contribution in [1.29, 1.82) is 0 Å². The van der Waals surface area contributed by atoms with Crippen LogP contribution in [0.1, 0.15) is 181 Å². The van der Waals surface area contributed by atoms with E-state index >= 15 is 0 Å². The second-order valence-corrected chi connectivity index (χ2v) is 17.6. The van der Waals surface area contributed by atoms with Gasteiger partial charge in [0.2, 0.25) is 5.91 Å². The summed E-state index contributed by atoms with van der Waals surface area (Å²) in [5.74, 6) is -0.205. The van der Waals surface area contributed by atoms with Crippen molar-refractivity contribution in [2.24, 2.45) is 0 Å². The minimum absolute atomic E-state index is 0.205. The zero-order valence-corrected chi connectivity index (χ0v) is 41.8. The Morgan fingerprint density at radius 3 is 1.43 bits per heavy atom. The van der Waals surface area contributed by atoms with Gasteiger partial charge in [0.15, 0.2) is 6.29 Å². The third kappa shape index (κ3) is 36.3. The van der Waals surface area contributed by atoms with E-state index in [4.69, 9.17) is 9.47 Å². The second-order valence-electron chi connectivity index (χ2n) is 17.6. The first-order valence-electron chi connectivity index (χ1n) is 26.3. The highest BCUT2D eigenvalue weighted by Crippen LogP contribution is 2.22. The van der Waals surface area contributed by atoms with Crippen LogP contribution in [-0.4, -0.2) is 87.5 Å². The van der Waals surface area contributed by atoms with E-state index in [2.05, 4.69) is 129 Å². The first kappa shape index (κ1) is 61.6. The van der Waals surface area contributed by atoms with Crippen molar-refractivity contribution in [1.82, 2.24) is 5.32 Å². The van der Waals surface area contributed by atoms with E-state index in [9.17, 15) is 30.3 Å². The third-order valence-corrected chi connectivity index (χ3v) is 11.5. The maximum absolute atomic E-state index is 13.0. The molecule has 1 saturated heterocycles. The molecule has 0 aliphatic carbocycles. The molecule has 0 aromatic rings. The Bertz CT molecular complexity index is 1460. The summed E-state index contributed by atoms with van der Waals surface area (Å²) < 4.78 is 11.2. The summed E-state index contributed by atoms with van der Waals surface area (Å²) in [4.78, 5) is 13.0. The molecule has 1 rings (SSSR count). The van der Waals surface area contributed by atoms with Gasteiger partial charge in [-0.05, 0) is 103 Å². The van der Waals surface area contributed by atoms with Crippen molar-refractivity contribution in [3.63, 3.8) is 0 Å². The summed E-state index contributed by atoms with van der Waals surface area (Å²) >= 11 is 0. The zero-order chi connectivity index (χ0) is 48.7. The monoisotopic (exact) mass is 934 g/mol. The average Bonchev–Trinajstić information content (AvgIpc) is 3.33. The first-order chi connectivity index (χ1) is 32.8. The van der Waals surface area contributed by atoms with Gasteiger partial charge in [-0.2, -0.15) is 0 Å². The molecule has 1 amide bonds. The van der Waals surface area contributed by atoms with Crippen molar-refractivity contribution in [2.75, 3.05) is 13.2 Å². The van der Waals surface area contributed by atoms with E-state index < -0.39 is 49.5 Å².